The summed E-state index contributed by atoms with van der Waals surface area (Å²) in [5.74, 6) is 0. The topological polar surface area (TPSA) is 7.68 Å². The number of rotatable bonds is 6. The average Bonchev–Trinajstić information content (AvgIpc) is 3.11. The number of nitrogens with one attached hydrogen (secondary N) is 1. The lowest BCUT2D eigenvalue weighted by atomic mass is 10.00. The average molecular weight is 578 g/mol. The number of nitrogens with zero attached hydrogens (tertiary/aromatic N) is 1. The summed E-state index contributed by atoms with van der Waals surface area (Å²) in [4.78, 5) is 3.57. The maximum atomic E-state index is 2.34. The Labute approximate surface area is 264 Å². The first-order valence-corrected chi connectivity index (χ1v) is 15.5. The fourth-order valence-electron chi connectivity index (χ4n) is 6.74. The highest BCUT2D eigenvalue weighted by atomic mass is 15.1. The fourth-order valence-corrected chi connectivity index (χ4v) is 6.74. The molecule has 1 N–H and O–H groups in total. The third kappa shape index (κ3) is 4.92. The number of hydrogen-bond donors (Lipinski definition) is 1. The van der Waals surface area contributed by atoms with E-state index in [4.69, 9.17) is 0 Å². The molecule has 0 saturated carbocycles. The predicted octanol–water partition coefficient (Wildman–Crippen LogP) is 10.8. The highest BCUT2D eigenvalue weighted by Gasteiger charge is 2.23. The Bertz CT molecular complexity index is 2230. The molecule has 0 bridgehead atoms. The summed E-state index contributed by atoms with van der Waals surface area (Å²) in [6.45, 7) is 0. The number of fused-ring (bicyclic) bond motifs is 3. The highest BCUT2D eigenvalue weighted by molar-refractivity contribution is 6.12. The molecule has 0 aliphatic carbocycles. The summed E-state index contributed by atoms with van der Waals surface area (Å²) in [5.41, 5.74) is 8.44. The summed E-state index contributed by atoms with van der Waals surface area (Å²) in [7, 11) is 2.18. The molecule has 0 spiro atoms. The molecule has 0 aliphatic heterocycles. The van der Waals surface area contributed by atoms with Crippen LogP contribution in [0.4, 0.5) is 28.4 Å². The molecule has 0 heterocycles. The second-order valence-electron chi connectivity index (χ2n) is 11.6. The molecule has 8 aromatic rings. The molecule has 8 aromatic carbocycles. The van der Waals surface area contributed by atoms with Crippen LogP contribution in [0.5, 0.6) is 0 Å². The van der Waals surface area contributed by atoms with Gasteiger partial charge in [-0.15, -0.1) is 0 Å². The van der Waals surface area contributed by atoms with Crippen molar-refractivity contribution in [2.24, 2.45) is 0 Å². The Kier molecular flexibility index (Phi) is 6.83. The van der Waals surface area contributed by atoms with Crippen molar-refractivity contribution < 1.29 is 4.90 Å². The second-order valence-corrected chi connectivity index (χ2v) is 11.6. The normalized spacial score (nSPS) is 12.0. The molecule has 1 atom stereocenters. The molecule has 214 valence electrons. The van der Waals surface area contributed by atoms with Crippen LogP contribution in [0, 0.1) is 0 Å². The first kappa shape index (κ1) is 26.9. The molecule has 0 aliphatic rings. The minimum Gasteiger partial charge on any atom is -0.344 e. The van der Waals surface area contributed by atoms with Gasteiger partial charge >= 0.3 is 0 Å². The number of hydrogen-bond acceptors (Lipinski definition) is 1. The van der Waals surface area contributed by atoms with Gasteiger partial charge < -0.3 is 4.90 Å². The number of benzene rings is 8. The van der Waals surface area contributed by atoms with Crippen molar-refractivity contribution in [3.8, 4) is 11.1 Å². The van der Waals surface area contributed by atoms with E-state index in [9.17, 15) is 0 Å². The van der Waals surface area contributed by atoms with Gasteiger partial charge in [-0.1, -0.05) is 121 Å². The Morgan fingerprint density at radius 1 is 0.400 bits per heavy atom. The Morgan fingerprint density at radius 2 is 0.956 bits per heavy atom. The first-order valence-electron chi connectivity index (χ1n) is 15.5. The van der Waals surface area contributed by atoms with Crippen molar-refractivity contribution in [3.63, 3.8) is 0 Å². The minimum atomic E-state index is 1.15. The van der Waals surface area contributed by atoms with Crippen molar-refractivity contribution in [1.29, 1.82) is 0 Å². The van der Waals surface area contributed by atoms with Crippen LogP contribution in [0.3, 0.4) is 0 Å². The van der Waals surface area contributed by atoms with Crippen molar-refractivity contribution >= 4 is 60.8 Å². The van der Waals surface area contributed by atoms with Crippen LogP contribution in [-0.2, 0) is 0 Å². The minimum absolute atomic E-state index is 1.15. The molecular weight excluding hydrogens is 544 g/mol. The van der Waals surface area contributed by atoms with Crippen LogP contribution in [0.2, 0.25) is 0 Å². The largest absolute Gasteiger partial charge is 0.344 e. The van der Waals surface area contributed by atoms with Gasteiger partial charge in [-0.05, 0) is 57.6 Å². The first-order chi connectivity index (χ1) is 22.2. The van der Waals surface area contributed by atoms with Gasteiger partial charge in [0.1, 0.15) is 17.1 Å². The van der Waals surface area contributed by atoms with Gasteiger partial charge in [0.15, 0.2) is 0 Å². The van der Waals surface area contributed by atoms with E-state index in [0.717, 1.165) is 5.69 Å². The quantitative estimate of drug-likeness (QED) is 0.193. The van der Waals surface area contributed by atoms with E-state index in [0.29, 0.717) is 0 Å². The molecule has 0 fully saturated rings. The molecule has 1 unspecified atom stereocenters. The van der Waals surface area contributed by atoms with Gasteiger partial charge in [0, 0.05) is 53.2 Å². The van der Waals surface area contributed by atoms with E-state index in [2.05, 4.69) is 188 Å². The maximum Gasteiger partial charge on any atom is 0.149 e. The highest BCUT2D eigenvalue weighted by Crippen LogP contribution is 2.38. The van der Waals surface area contributed by atoms with Crippen molar-refractivity contribution in [2.75, 3.05) is 11.9 Å². The van der Waals surface area contributed by atoms with Gasteiger partial charge in [-0.2, -0.15) is 0 Å². The van der Waals surface area contributed by atoms with Gasteiger partial charge in [0.05, 0.1) is 5.69 Å². The van der Waals surface area contributed by atoms with Gasteiger partial charge in [0.2, 0.25) is 0 Å². The Morgan fingerprint density at radius 3 is 1.67 bits per heavy atom. The lowest BCUT2D eigenvalue weighted by Crippen LogP contribution is -2.96. The monoisotopic (exact) mass is 577 g/mol. The van der Waals surface area contributed by atoms with Crippen molar-refractivity contribution in [1.82, 2.24) is 0 Å². The molecule has 45 heavy (non-hydrogen) atoms. The van der Waals surface area contributed by atoms with E-state index < -0.39 is 0 Å². The summed E-state index contributed by atoms with van der Waals surface area (Å²) >= 11 is 0. The zero-order valence-corrected chi connectivity index (χ0v) is 25.2. The van der Waals surface area contributed by atoms with Crippen LogP contribution < -0.4 is 9.80 Å². The van der Waals surface area contributed by atoms with Crippen LogP contribution in [0.1, 0.15) is 0 Å². The van der Waals surface area contributed by atoms with Crippen LogP contribution in [0.15, 0.2) is 176 Å². The van der Waals surface area contributed by atoms with Crippen molar-refractivity contribution in [3.05, 3.63) is 176 Å². The third-order valence-electron chi connectivity index (χ3n) is 8.94. The molecular formula is C43H33N2+. The third-order valence-corrected chi connectivity index (χ3v) is 8.94. The van der Waals surface area contributed by atoms with Crippen LogP contribution >= 0.6 is 0 Å². The van der Waals surface area contributed by atoms with E-state index in [1.807, 2.05) is 0 Å². The standard InChI is InChI=1S/C43H32N2/c1-44(43-40-22-9-6-16-34(40)29-35-17-7-10-23-41(35)43)36-25-27-37(28-26-36)45(42-24-12-18-32-15-5-8-21-39(32)42)38-20-11-19-33(30-38)31-13-3-2-4-14-31/h2-30H,1H3/p+1. The van der Waals surface area contributed by atoms with E-state index in [1.165, 1.54) is 71.1 Å². The zero-order chi connectivity index (χ0) is 30.2. The van der Waals surface area contributed by atoms with Gasteiger partial charge in [-0.25, -0.2) is 4.90 Å². The molecule has 0 amide bonds. The molecule has 0 radical (unpaired) electrons. The van der Waals surface area contributed by atoms with Crippen molar-refractivity contribution in [2.45, 2.75) is 0 Å². The molecule has 0 saturated heterocycles. The molecule has 2 nitrogen and oxygen atoms in total. The Balaban J connectivity index is 1.26. The van der Waals surface area contributed by atoms with E-state index in [1.54, 1.807) is 0 Å². The zero-order valence-electron chi connectivity index (χ0n) is 25.2. The second kappa shape index (κ2) is 11.4. The lowest BCUT2D eigenvalue weighted by Gasteiger charge is -2.25. The summed E-state index contributed by atoms with van der Waals surface area (Å²) in [6, 6.07) is 63.6. The lowest BCUT2D eigenvalue weighted by molar-refractivity contribution is -0.680. The maximum absolute atomic E-state index is 2.34. The number of anilines is 2. The summed E-state index contributed by atoms with van der Waals surface area (Å²) < 4.78 is 0. The van der Waals surface area contributed by atoms with Gasteiger partial charge in [0.25, 0.3) is 0 Å². The van der Waals surface area contributed by atoms with Crippen LogP contribution in [-0.4, -0.2) is 7.05 Å². The summed E-state index contributed by atoms with van der Waals surface area (Å²) in [6.07, 6.45) is 0. The molecule has 0 aromatic heterocycles. The molecule has 2 heteroatoms. The number of quaternary nitrogens is 1. The van der Waals surface area contributed by atoms with E-state index >= 15 is 0 Å². The van der Waals surface area contributed by atoms with Gasteiger partial charge in [-0.3, -0.25) is 0 Å². The fraction of sp³-hybridized carbons (Fsp3) is 0.0233. The van der Waals surface area contributed by atoms with E-state index in [-0.39, 0.29) is 0 Å². The summed E-state index contributed by atoms with van der Waals surface area (Å²) in [5, 5.41) is 7.50. The molecule has 8 rings (SSSR count). The van der Waals surface area contributed by atoms with Crippen LogP contribution in [0.25, 0.3) is 43.4 Å². The Hall–Kier alpha value is -5.70. The predicted molar refractivity (Wildman–Crippen MR) is 192 cm³/mol. The smallest absolute Gasteiger partial charge is 0.149 e. The SMILES string of the molecule is CN(c1ccc([NH+](c2cccc(-c3ccccc3)c2)c2cccc3ccccc23)cc1)c1c2ccccc2cc2ccccc12.